The fourth-order valence-electron chi connectivity index (χ4n) is 0.378. The number of nitrogens with one attached hydrogen (secondary N) is 1. The molecule has 7 heteroatoms. The zero-order valence-electron chi connectivity index (χ0n) is 5.79. The minimum absolute atomic E-state index is 0.0400. The number of hydrogen-bond donors (Lipinski definition) is 1. The molecule has 12 heavy (non-hydrogen) atoms. The third-order valence-corrected chi connectivity index (χ3v) is 1.50. The van der Waals surface area contributed by atoms with Crippen molar-refractivity contribution < 1.29 is 22.4 Å². The summed E-state index contributed by atoms with van der Waals surface area (Å²) in [5.74, 6) is -6.50. The van der Waals surface area contributed by atoms with E-state index in [2.05, 4.69) is 0 Å². The molecular weight excluding hydrogens is 293 g/mol. The van der Waals surface area contributed by atoms with Crippen LogP contribution in [0.1, 0.15) is 0 Å². The Hall–Kier alpha value is -0.0800. The van der Waals surface area contributed by atoms with Crippen molar-refractivity contribution in [3.63, 3.8) is 0 Å². The van der Waals surface area contributed by atoms with Crippen LogP contribution < -0.4 is 5.32 Å². The molecule has 0 radical (unpaired) electrons. The van der Waals surface area contributed by atoms with Gasteiger partial charge in [0.05, 0.1) is 0 Å². The second-order valence-electron chi connectivity index (χ2n) is 1.87. The van der Waals surface area contributed by atoms with Crippen molar-refractivity contribution in [3.8, 4) is 0 Å². The van der Waals surface area contributed by atoms with E-state index < -0.39 is 18.3 Å². The minimum Gasteiger partial charge on any atom is -0.350 e. The van der Waals surface area contributed by atoms with Crippen LogP contribution in [0.15, 0.2) is 0 Å². The SMILES string of the molecule is O=C(NCCI)C(F)(F)C(F)F. The molecule has 0 heterocycles. The number of rotatable bonds is 4. The quantitative estimate of drug-likeness (QED) is 0.475. The molecule has 0 aliphatic rings. The van der Waals surface area contributed by atoms with Crippen molar-refractivity contribution >= 4 is 28.5 Å². The molecule has 0 unspecified atom stereocenters. The van der Waals surface area contributed by atoms with Gasteiger partial charge in [-0.15, -0.1) is 0 Å². The van der Waals surface area contributed by atoms with E-state index in [1.807, 2.05) is 22.6 Å². The lowest BCUT2D eigenvalue weighted by Gasteiger charge is -2.13. The maximum absolute atomic E-state index is 12.1. The van der Waals surface area contributed by atoms with Crippen LogP contribution in [0, 0.1) is 0 Å². The molecule has 1 amide bonds. The minimum atomic E-state index is -4.58. The molecule has 1 N–H and O–H groups in total. The number of hydrogen-bond acceptors (Lipinski definition) is 1. The van der Waals surface area contributed by atoms with E-state index in [-0.39, 0.29) is 6.54 Å². The first kappa shape index (κ1) is 11.9. The van der Waals surface area contributed by atoms with Crippen molar-refractivity contribution in [3.05, 3.63) is 0 Å². The van der Waals surface area contributed by atoms with Crippen LogP contribution in [0.2, 0.25) is 0 Å². The average molecular weight is 299 g/mol. The smallest absolute Gasteiger partial charge is 0.350 e. The fraction of sp³-hybridized carbons (Fsp3) is 0.800. The van der Waals surface area contributed by atoms with Gasteiger partial charge in [0, 0.05) is 11.0 Å². The van der Waals surface area contributed by atoms with Crippen molar-refractivity contribution in [2.75, 3.05) is 11.0 Å². The lowest BCUT2D eigenvalue weighted by atomic mass is 10.3. The van der Waals surface area contributed by atoms with Gasteiger partial charge in [-0.1, -0.05) is 22.6 Å². The molecule has 0 aromatic carbocycles. The van der Waals surface area contributed by atoms with E-state index in [0.717, 1.165) is 0 Å². The second-order valence-corrected chi connectivity index (χ2v) is 2.95. The monoisotopic (exact) mass is 299 g/mol. The summed E-state index contributed by atoms with van der Waals surface area (Å²) in [5, 5.41) is 1.68. The molecule has 2 nitrogen and oxygen atoms in total. The highest BCUT2D eigenvalue weighted by atomic mass is 127. The molecule has 0 bridgehead atoms. The van der Waals surface area contributed by atoms with Crippen molar-refractivity contribution in [1.82, 2.24) is 5.32 Å². The van der Waals surface area contributed by atoms with Crippen LogP contribution >= 0.6 is 22.6 Å². The second kappa shape index (κ2) is 4.83. The molecular formula is C5H6F4INO. The lowest BCUT2D eigenvalue weighted by molar-refractivity contribution is -0.169. The Labute approximate surface area is 79.8 Å². The molecule has 0 spiro atoms. The summed E-state index contributed by atoms with van der Waals surface area (Å²) < 4.78 is 47.5. The maximum Gasteiger partial charge on any atom is 0.383 e. The van der Waals surface area contributed by atoms with Crippen LogP contribution in [0.5, 0.6) is 0 Å². The summed E-state index contributed by atoms with van der Waals surface area (Å²) in [5.41, 5.74) is 0. The van der Waals surface area contributed by atoms with E-state index >= 15 is 0 Å². The first-order chi connectivity index (χ1) is 5.42. The molecule has 0 saturated carbocycles. The Kier molecular flexibility index (Phi) is 4.80. The Balaban J connectivity index is 4.07. The summed E-state index contributed by atoms with van der Waals surface area (Å²) in [7, 11) is 0. The summed E-state index contributed by atoms with van der Waals surface area (Å²) >= 11 is 1.82. The number of amides is 1. The van der Waals surface area contributed by atoms with Gasteiger partial charge >= 0.3 is 12.3 Å². The summed E-state index contributed by atoms with van der Waals surface area (Å²) in [6.07, 6.45) is -3.95. The molecule has 0 aliphatic carbocycles. The topological polar surface area (TPSA) is 29.1 Å². The van der Waals surface area contributed by atoms with E-state index in [0.29, 0.717) is 4.43 Å². The van der Waals surface area contributed by atoms with Crippen LogP contribution in [0.25, 0.3) is 0 Å². The van der Waals surface area contributed by atoms with Gasteiger partial charge in [0.25, 0.3) is 5.91 Å². The molecule has 0 rings (SSSR count). The number of carbonyl (C=O) groups is 1. The molecule has 0 aromatic rings. The van der Waals surface area contributed by atoms with Crippen molar-refractivity contribution in [2.24, 2.45) is 0 Å². The normalized spacial score (nSPS) is 11.8. The Bertz CT molecular complexity index is 164. The summed E-state index contributed by atoms with van der Waals surface area (Å²) in [6, 6.07) is 0. The predicted octanol–water partition coefficient (Wildman–Crippen LogP) is 1.44. The Morgan fingerprint density at radius 1 is 1.50 bits per heavy atom. The van der Waals surface area contributed by atoms with Gasteiger partial charge in [0.2, 0.25) is 0 Å². The molecule has 0 aromatic heterocycles. The van der Waals surface area contributed by atoms with Crippen molar-refractivity contribution in [1.29, 1.82) is 0 Å². The van der Waals surface area contributed by atoms with E-state index in [9.17, 15) is 22.4 Å². The highest BCUT2D eigenvalue weighted by Gasteiger charge is 2.48. The van der Waals surface area contributed by atoms with Gasteiger partial charge in [-0.2, -0.15) is 8.78 Å². The number of halogens is 5. The fourth-order valence-corrected chi connectivity index (χ4v) is 0.647. The molecule has 72 valence electrons. The van der Waals surface area contributed by atoms with E-state index in [1.54, 1.807) is 5.32 Å². The zero-order chi connectivity index (χ0) is 9.78. The van der Waals surface area contributed by atoms with Crippen LogP contribution in [0.3, 0.4) is 0 Å². The van der Waals surface area contributed by atoms with E-state index in [4.69, 9.17) is 0 Å². The Morgan fingerprint density at radius 3 is 2.33 bits per heavy atom. The van der Waals surface area contributed by atoms with Crippen LogP contribution in [-0.2, 0) is 4.79 Å². The average Bonchev–Trinajstić information content (AvgIpc) is 1.99. The van der Waals surface area contributed by atoms with Crippen LogP contribution in [0.4, 0.5) is 17.6 Å². The van der Waals surface area contributed by atoms with Crippen molar-refractivity contribution in [2.45, 2.75) is 12.3 Å². The summed E-state index contributed by atoms with van der Waals surface area (Å²) in [6.45, 7) is -0.0400. The Morgan fingerprint density at radius 2 is 2.00 bits per heavy atom. The molecule has 0 atom stereocenters. The molecule has 0 fully saturated rings. The van der Waals surface area contributed by atoms with Crippen LogP contribution in [-0.4, -0.2) is 29.2 Å². The predicted molar refractivity (Wildman–Crippen MR) is 42.8 cm³/mol. The molecule has 0 saturated heterocycles. The lowest BCUT2D eigenvalue weighted by Crippen LogP contribution is -2.45. The largest absolute Gasteiger partial charge is 0.383 e. The molecule has 0 aliphatic heterocycles. The van der Waals surface area contributed by atoms with Gasteiger partial charge in [-0.3, -0.25) is 4.79 Å². The maximum atomic E-state index is 12.1. The van der Waals surface area contributed by atoms with Gasteiger partial charge in [0.1, 0.15) is 0 Å². The van der Waals surface area contributed by atoms with Gasteiger partial charge in [0.15, 0.2) is 0 Å². The highest BCUT2D eigenvalue weighted by molar-refractivity contribution is 14.1. The first-order valence-corrected chi connectivity index (χ1v) is 4.45. The third-order valence-electron chi connectivity index (χ3n) is 0.957. The van der Waals surface area contributed by atoms with Gasteiger partial charge in [-0.25, -0.2) is 8.78 Å². The summed E-state index contributed by atoms with van der Waals surface area (Å²) in [4.78, 5) is 10.3. The number of carbonyl (C=O) groups excluding carboxylic acids is 1. The standard InChI is InChI=1S/C5H6F4INO/c6-3(7)5(8,9)4(12)11-2-1-10/h3H,1-2H2,(H,11,12). The van der Waals surface area contributed by atoms with Gasteiger partial charge < -0.3 is 5.32 Å². The third kappa shape index (κ3) is 3.11. The number of alkyl halides is 5. The van der Waals surface area contributed by atoms with E-state index in [1.165, 1.54) is 0 Å². The highest BCUT2D eigenvalue weighted by Crippen LogP contribution is 2.22. The zero-order valence-corrected chi connectivity index (χ0v) is 7.95. The first-order valence-electron chi connectivity index (χ1n) is 2.93. The van der Waals surface area contributed by atoms with Gasteiger partial charge in [-0.05, 0) is 0 Å².